The third-order valence-electron chi connectivity index (χ3n) is 12.3. The highest BCUT2D eigenvalue weighted by Crippen LogP contribution is 2.42. The lowest BCUT2D eigenvalue weighted by Crippen LogP contribution is -2.37. The number of benzene rings is 3. The number of aliphatic hydroxyl groups excluding tert-OH is 4. The molecule has 0 atom stereocenters. The number of carboxylic acid groups (broad SMARTS) is 3. The number of aryl methyl sites for hydroxylation is 3. The third kappa shape index (κ3) is 26.6. The fraction of sp³-hybridized carbons (Fsp3) is 0.639. The first kappa shape index (κ1) is 73.4. The van der Waals surface area contributed by atoms with Gasteiger partial charge in [0.1, 0.15) is 17.2 Å². The average molecular weight is 1090 g/mol. The molecule has 0 aromatic heterocycles. The van der Waals surface area contributed by atoms with E-state index in [1.807, 2.05) is 36.4 Å². The molecule has 0 saturated heterocycles. The maximum atomic E-state index is 10.8. The third-order valence-corrected chi connectivity index (χ3v) is 12.5. The molecule has 0 bridgehead atoms. The first-order chi connectivity index (χ1) is 34.3. The van der Waals surface area contributed by atoms with Crippen LogP contribution in [0.4, 0.5) is 0 Å². The normalized spacial score (nSPS) is 12.1. The minimum atomic E-state index is -1.11. The number of hydrogen-bond acceptors (Lipinski definition) is 11. The number of aromatic hydroxyl groups is 3. The summed E-state index contributed by atoms with van der Waals surface area (Å²) >= 11 is 3.59. The number of carbonyl (C=O) groups is 4. The molecule has 0 unspecified atom stereocenters. The molecule has 0 aliphatic heterocycles. The Morgan fingerprint density at radius 3 is 0.658 bits per heavy atom. The van der Waals surface area contributed by atoms with Gasteiger partial charge in [-0.05, 0) is 108 Å². The van der Waals surface area contributed by atoms with E-state index in [0.29, 0.717) is 42.9 Å². The molecular formula is C61H100O14S. The smallest absolute Gasteiger partial charge is 0.303 e. The summed E-state index contributed by atoms with van der Waals surface area (Å²) in [7, 11) is 0. The summed E-state index contributed by atoms with van der Waals surface area (Å²) in [5.74, 6) is -1.38. The Morgan fingerprint density at radius 2 is 0.566 bits per heavy atom. The van der Waals surface area contributed by atoms with Crippen molar-refractivity contribution in [1.82, 2.24) is 0 Å². The molecule has 434 valence electrons. The molecule has 0 spiro atoms. The molecule has 3 aromatic carbocycles. The number of thiol groups is 1. The van der Waals surface area contributed by atoms with E-state index in [0.717, 1.165) is 62.9 Å². The first-order valence-corrected chi connectivity index (χ1v) is 26.7. The van der Waals surface area contributed by atoms with Gasteiger partial charge in [0.2, 0.25) is 0 Å². The zero-order valence-electron chi connectivity index (χ0n) is 49.7. The standard InChI is InChI=1S/3C17H26O3.C5H12O4.C5H10OS/c3*1-16(2,3)12-9-11(7-8-14(18)19)10-13(15(12)20)17(4,5)6;6-1-5(2-7,3-8)4-9;1-2-3-4-5(6)7/h3*9-10,20H,7-8H2,1-6H3,(H,18,19);6-9H,1-4H2;2-4H2,1H3,(H,6,7). The van der Waals surface area contributed by atoms with Crippen LogP contribution in [0.25, 0.3) is 0 Å². The highest BCUT2D eigenvalue weighted by molar-refractivity contribution is 7.96. The van der Waals surface area contributed by atoms with Crippen molar-refractivity contribution in [1.29, 1.82) is 0 Å². The van der Waals surface area contributed by atoms with Crippen LogP contribution in [0.1, 0.15) is 220 Å². The van der Waals surface area contributed by atoms with Crippen molar-refractivity contribution in [2.45, 2.75) is 222 Å². The molecule has 0 saturated carbocycles. The average Bonchev–Trinajstić information content (AvgIpc) is 3.26. The molecule has 3 rings (SSSR count). The van der Waals surface area contributed by atoms with Crippen LogP contribution in [0.15, 0.2) is 36.4 Å². The highest BCUT2D eigenvalue weighted by atomic mass is 32.1. The van der Waals surface area contributed by atoms with Gasteiger partial charge in [0.15, 0.2) is 5.12 Å². The zero-order chi connectivity index (χ0) is 60.2. The SMILES string of the molecule is CC(C)(C)c1cc(CCC(=O)O)cc(C(C)(C)C)c1O.CC(C)(C)c1cc(CCC(=O)O)cc(C(C)(C)C)c1O.CC(C)(C)c1cc(CCC(=O)O)cc(C(C)(C)C)c1O.CCCCC(=O)S.OCC(CO)(CO)CO. The van der Waals surface area contributed by atoms with Gasteiger partial charge in [0.25, 0.3) is 0 Å². The molecule has 0 fully saturated rings. The fourth-order valence-corrected chi connectivity index (χ4v) is 7.49. The van der Waals surface area contributed by atoms with E-state index in [4.69, 9.17) is 35.7 Å². The Kier molecular flexibility index (Phi) is 30.0. The molecule has 15 heteroatoms. The lowest BCUT2D eigenvalue weighted by molar-refractivity contribution is -0.138. The van der Waals surface area contributed by atoms with Gasteiger partial charge >= 0.3 is 17.9 Å². The van der Waals surface area contributed by atoms with E-state index >= 15 is 0 Å². The molecule has 10 N–H and O–H groups in total. The summed E-state index contributed by atoms with van der Waals surface area (Å²) in [4.78, 5) is 42.3. The van der Waals surface area contributed by atoms with Crippen LogP contribution < -0.4 is 0 Å². The molecular weight excluding hydrogens is 989 g/mol. The lowest BCUT2D eigenvalue weighted by Gasteiger charge is -2.28. The Balaban J connectivity index is 0. The van der Waals surface area contributed by atoms with Gasteiger partial charge in [-0.2, -0.15) is 0 Å². The van der Waals surface area contributed by atoms with Crippen LogP contribution in [0, 0.1) is 5.41 Å². The summed E-state index contributed by atoms with van der Waals surface area (Å²) in [6, 6.07) is 11.6. The molecule has 3 aromatic rings. The van der Waals surface area contributed by atoms with Gasteiger partial charge in [0, 0.05) is 25.7 Å². The Hall–Kier alpha value is -4.67. The maximum absolute atomic E-state index is 10.8. The number of carbonyl (C=O) groups excluding carboxylic acids is 1. The van der Waals surface area contributed by atoms with Crippen molar-refractivity contribution >= 4 is 35.7 Å². The summed E-state index contributed by atoms with van der Waals surface area (Å²) in [6.07, 6.45) is 4.47. The number of phenolic OH excluding ortho intramolecular Hbond substituents is 3. The number of unbranched alkanes of at least 4 members (excludes halogenated alkanes) is 1. The van der Waals surface area contributed by atoms with Gasteiger partial charge < -0.3 is 51.1 Å². The van der Waals surface area contributed by atoms with Gasteiger partial charge in [0.05, 0.1) is 31.8 Å². The minimum Gasteiger partial charge on any atom is -0.507 e. The Bertz CT molecular complexity index is 1950. The van der Waals surface area contributed by atoms with E-state index in [9.17, 15) is 34.5 Å². The number of hydrogen-bond donors (Lipinski definition) is 11. The number of aliphatic hydroxyl groups is 4. The molecule has 0 amide bonds. The van der Waals surface area contributed by atoms with Crippen molar-refractivity contribution in [3.8, 4) is 17.2 Å². The van der Waals surface area contributed by atoms with Crippen LogP contribution in [0.5, 0.6) is 17.2 Å². The summed E-state index contributed by atoms with van der Waals surface area (Å²) in [6.45, 7) is 37.3. The summed E-state index contributed by atoms with van der Waals surface area (Å²) in [5.41, 5.74) is 6.02. The van der Waals surface area contributed by atoms with Crippen LogP contribution >= 0.6 is 12.6 Å². The minimum absolute atomic E-state index is 0.00171. The molecule has 76 heavy (non-hydrogen) atoms. The van der Waals surface area contributed by atoms with Crippen molar-refractivity contribution in [2.24, 2.45) is 5.41 Å². The van der Waals surface area contributed by atoms with Crippen molar-refractivity contribution in [3.63, 3.8) is 0 Å². The zero-order valence-corrected chi connectivity index (χ0v) is 50.6. The van der Waals surface area contributed by atoms with Gasteiger partial charge in [-0.1, -0.05) is 174 Å². The number of carboxylic acids is 3. The molecule has 0 aliphatic carbocycles. The van der Waals surface area contributed by atoms with Crippen LogP contribution in [0.3, 0.4) is 0 Å². The van der Waals surface area contributed by atoms with E-state index in [1.54, 1.807) is 0 Å². The molecule has 0 radical (unpaired) electrons. The topological polar surface area (TPSA) is 271 Å². The molecule has 14 nitrogen and oxygen atoms in total. The Morgan fingerprint density at radius 1 is 0.382 bits per heavy atom. The molecule has 0 heterocycles. The second kappa shape index (κ2) is 31.1. The van der Waals surface area contributed by atoms with Crippen LogP contribution in [-0.2, 0) is 70.9 Å². The number of aliphatic carboxylic acids is 3. The summed E-state index contributed by atoms with van der Waals surface area (Å²) in [5, 5.41) is 92.1. The predicted octanol–water partition coefficient (Wildman–Crippen LogP) is 11.6. The maximum Gasteiger partial charge on any atom is 0.303 e. The fourth-order valence-electron chi connectivity index (χ4n) is 7.33. The number of phenols is 3. The quantitative estimate of drug-likeness (QED) is 0.0596. The van der Waals surface area contributed by atoms with Crippen LogP contribution in [0.2, 0.25) is 0 Å². The largest absolute Gasteiger partial charge is 0.507 e. The van der Waals surface area contributed by atoms with E-state index < -0.39 is 49.8 Å². The van der Waals surface area contributed by atoms with Crippen LogP contribution in [-0.4, -0.2) is 101 Å². The molecule has 0 aliphatic rings. The van der Waals surface area contributed by atoms with E-state index in [1.165, 1.54) is 0 Å². The van der Waals surface area contributed by atoms with E-state index in [-0.39, 0.29) is 56.9 Å². The van der Waals surface area contributed by atoms with Crippen molar-refractivity contribution in [2.75, 3.05) is 26.4 Å². The van der Waals surface area contributed by atoms with Crippen molar-refractivity contribution in [3.05, 3.63) is 86.5 Å². The second-order valence-electron chi connectivity index (χ2n) is 25.9. The predicted molar refractivity (Wildman–Crippen MR) is 309 cm³/mol. The lowest BCUT2D eigenvalue weighted by atomic mass is 9.78. The monoisotopic (exact) mass is 1090 g/mol. The summed E-state index contributed by atoms with van der Waals surface area (Å²) < 4.78 is 0. The highest BCUT2D eigenvalue weighted by Gasteiger charge is 2.30. The number of rotatable bonds is 16. The second-order valence-corrected chi connectivity index (χ2v) is 26.4. The van der Waals surface area contributed by atoms with E-state index in [2.05, 4.69) is 144 Å². The Labute approximate surface area is 461 Å². The van der Waals surface area contributed by atoms with Gasteiger partial charge in [-0.15, -0.1) is 12.6 Å². The van der Waals surface area contributed by atoms with Gasteiger partial charge in [-0.3, -0.25) is 19.2 Å². The van der Waals surface area contributed by atoms with Crippen molar-refractivity contribution < 1.29 is 70.2 Å². The first-order valence-electron chi connectivity index (χ1n) is 26.2. The van der Waals surface area contributed by atoms with Gasteiger partial charge in [-0.25, -0.2) is 0 Å².